The number of carbonyl (C=O) groups excluding carboxylic acids is 1. The van der Waals surface area contributed by atoms with Crippen molar-refractivity contribution in [2.45, 2.75) is 58.3 Å². The van der Waals surface area contributed by atoms with Crippen LogP contribution in [-0.2, 0) is 24.1 Å². The van der Waals surface area contributed by atoms with Gasteiger partial charge in [0, 0.05) is 42.9 Å². The number of hydrogen-bond acceptors (Lipinski definition) is 3. The van der Waals surface area contributed by atoms with E-state index in [0.717, 1.165) is 30.6 Å². The maximum absolute atomic E-state index is 13.1. The average molecular weight is 430 g/mol. The highest BCUT2D eigenvalue weighted by Gasteiger charge is 2.41. The van der Waals surface area contributed by atoms with Gasteiger partial charge >= 0.3 is 6.18 Å². The van der Waals surface area contributed by atoms with Crippen LogP contribution in [0.15, 0.2) is 12.3 Å². The molecule has 0 aliphatic heterocycles. The van der Waals surface area contributed by atoms with Gasteiger partial charge in [0.25, 0.3) is 0 Å². The summed E-state index contributed by atoms with van der Waals surface area (Å²) in [4.78, 5) is 12.0. The summed E-state index contributed by atoms with van der Waals surface area (Å²) in [6, 6.07) is 0. The molecule has 1 saturated carbocycles. The Morgan fingerprint density at radius 1 is 1.38 bits per heavy atom. The fourth-order valence-corrected chi connectivity index (χ4v) is 3.56. The van der Waals surface area contributed by atoms with Crippen LogP contribution in [0.25, 0.3) is 6.08 Å². The Hall–Kier alpha value is -2.29. The third kappa shape index (κ3) is 5.01. The minimum Gasteiger partial charge on any atom is -0.352 e. The zero-order chi connectivity index (χ0) is 21.2. The van der Waals surface area contributed by atoms with E-state index in [-0.39, 0.29) is 23.4 Å². The van der Waals surface area contributed by atoms with Crippen LogP contribution in [0, 0.1) is 6.92 Å². The van der Waals surface area contributed by atoms with Crippen molar-refractivity contribution in [2.24, 2.45) is 0 Å². The molecule has 158 valence electrons. The van der Waals surface area contributed by atoms with E-state index in [4.69, 9.17) is 11.6 Å². The van der Waals surface area contributed by atoms with E-state index in [2.05, 4.69) is 15.5 Å². The van der Waals surface area contributed by atoms with Crippen molar-refractivity contribution in [1.82, 2.24) is 24.9 Å². The van der Waals surface area contributed by atoms with Crippen molar-refractivity contribution in [3.05, 3.63) is 39.9 Å². The number of hydrogen-bond donors (Lipinski definition) is 1. The Labute approximate surface area is 171 Å². The number of aromatic nitrogens is 4. The van der Waals surface area contributed by atoms with Crippen LogP contribution in [0.3, 0.4) is 0 Å². The first-order valence-corrected chi connectivity index (χ1v) is 9.91. The van der Waals surface area contributed by atoms with Gasteiger partial charge in [-0.3, -0.25) is 14.2 Å². The Balaban J connectivity index is 1.53. The van der Waals surface area contributed by atoms with Crippen LogP contribution in [0.4, 0.5) is 13.2 Å². The van der Waals surface area contributed by atoms with Crippen LogP contribution in [0.1, 0.15) is 54.7 Å². The molecule has 0 radical (unpaired) electrons. The lowest BCUT2D eigenvalue weighted by Crippen LogP contribution is -2.23. The molecule has 0 saturated heterocycles. The molecule has 0 bridgehead atoms. The second-order valence-electron chi connectivity index (χ2n) is 7.02. The second kappa shape index (κ2) is 8.61. The number of carbonyl (C=O) groups is 1. The predicted octanol–water partition coefficient (Wildman–Crippen LogP) is 4.18. The van der Waals surface area contributed by atoms with Gasteiger partial charge in [-0.15, -0.1) is 0 Å². The summed E-state index contributed by atoms with van der Waals surface area (Å²) in [5.41, 5.74) is 1.26. The zero-order valence-electron chi connectivity index (χ0n) is 16.3. The molecular formula is C19H23ClF3N5O. The number of aryl methyl sites for hydroxylation is 2. The molecule has 1 N–H and O–H groups in total. The maximum Gasteiger partial charge on any atom is 0.436 e. The summed E-state index contributed by atoms with van der Waals surface area (Å²) in [6.45, 7) is 5.24. The van der Waals surface area contributed by atoms with Crippen molar-refractivity contribution >= 4 is 23.6 Å². The number of amides is 1. The molecule has 3 rings (SSSR count). The molecule has 10 heteroatoms. The van der Waals surface area contributed by atoms with E-state index < -0.39 is 11.9 Å². The largest absolute Gasteiger partial charge is 0.436 e. The van der Waals surface area contributed by atoms with Crippen LogP contribution < -0.4 is 5.32 Å². The topological polar surface area (TPSA) is 64.7 Å². The van der Waals surface area contributed by atoms with Gasteiger partial charge in [0.1, 0.15) is 0 Å². The van der Waals surface area contributed by atoms with Crippen molar-refractivity contribution in [2.75, 3.05) is 6.54 Å². The highest BCUT2D eigenvalue weighted by Crippen LogP contribution is 2.46. The lowest BCUT2D eigenvalue weighted by atomic mass is 10.2. The number of alkyl halides is 3. The van der Waals surface area contributed by atoms with E-state index in [1.807, 2.05) is 18.5 Å². The van der Waals surface area contributed by atoms with Gasteiger partial charge in [-0.25, -0.2) is 0 Å². The molecule has 1 aliphatic rings. The summed E-state index contributed by atoms with van der Waals surface area (Å²) in [5, 5.41) is 10.3. The normalized spacial score (nSPS) is 14.7. The van der Waals surface area contributed by atoms with Gasteiger partial charge in [0.05, 0.1) is 16.9 Å². The third-order valence-electron chi connectivity index (χ3n) is 4.87. The average Bonchev–Trinajstić information content (AvgIpc) is 3.34. The maximum atomic E-state index is 13.1. The highest BCUT2D eigenvalue weighted by atomic mass is 35.5. The van der Waals surface area contributed by atoms with Crippen LogP contribution in [0.2, 0.25) is 5.02 Å². The van der Waals surface area contributed by atoms with Crippen LogP contribution >= 0.6 is 11.6 Å². The zero-order valence-corrected chi connectivity index (χ0v) is 17.0. The van der Waals surface area contributed by atoms with Crippen molar-refractivity contribution in [3.8, 4) is 0 Å². The number of nitrogens with zero attached hydrogens (tertiary/aromatic N) is 4. The third-order valence-corrected chi connectivity index (χ3v) is 5.24. The minimum atomic E-state index is -4.57. The molecule has 0 spiro atoms. The van der Waals surface area contributed by atoms with E-state index >= 15 is 0 Å². The van der Waals surface area contributed by atoms with E-state index in [1.165, 1.54) is 10.8 Å². The lowest BCUT2D eigenvalue weighted by Gasteiger charge is -2.07. The van der Waals surface area contributed by atoms with Gasteiger partial charge in [-0.2, -0.15) is 23.4 Å². The predicted molar refractivity (Wildman–Crippen MR) is 104 cm³/mol. The number of nitrogens with one attached hydrogen (secondary N) is 1. The standard InChI is InChI=1S/C19H23ClF3N5O/c1-3-27-12(2)14(11-25-27)7-8-15(29)24-9-4-10-28-17(13-5-6-13)16(20)18(26-28)19(21,22)23/h7-8,11,13H,3-6,9-10H2,1-2H3,(H,24,29)/b8-7+. The summed E-state index contributed by atoms with van der Waals surface area (Å²) in [5.74, 6) is -0.235. The lowest BCUT2D eigenvalue weighted by molar-refractivity contribution is -0.141. The van der Waals surface area contributed by atoms with Gasteiger partial charge in [-0.1, -0.05) is 11.6 Å². The molecule has 2 heterocycles. The molecule has 0 unspecified atom stereocenters. The van der Waals surface area contributed by atoms with Gasteiger partial charge in [0.2, 0.25) is 5.91 Å². The second-order valence-corrected chi connectivity index (χ2v) is 7.40. The van der Waals surface area contributed by atoms with Gasteiger partial charge in [-0.05, 0) is 39.2 Å². The Morgan fingerprint density at radius 2 is 2.10 bits per heavy atom. The van der Waals surface area contributed by atoms with E-state index in [1.54, 1.807) is 12.3 Å². The fourth-order valence-electron chi connectivity index (χ4n) is 3.16. The van der Waals surface area contributed by atoms with Crippen molar-refractivity contribution < 1.29 is 18.0 Å². The smallest absolute Gasteiger partial charge is 0.352 e. The highest BCUT2D eigenvalue weighted by molar-refractivity contribution is 6.32. The SMILES string of the molecule is CCn1ncc(/C=C/C(=O)NCCCn2nc(C(F)(F)F)c(Cl)c2C2CC2)c1C. The molecule has 6 nitrogen and oxygen atoms in total. The van der Waals surface area contributed by atoms with Crippen LogP contribution in [0.5, 0.6) is 0 Å². The Morgan fingerprint density at radius 3 is 2.69 bits per heavy atom. The fraction of sp³-hybridized carbons (Fsp3) is 0.526. The van der Waals surface area contributed by atoms with Gasteiger partial charge in [0.15, 0.2) is 5.69 Å². The molecule has 1 amide bonds. The number of rotatable bonds is 8. The van der Waals surface area contributed by atoms with Crippen molar-refractivity contribution in [3.63, 3.8) is 0 Å². The minimum absolute atomic E-state index is 0.0379. The molecule has 2 aromatic rings. The molecule has 1 aliphatic carbocycles. The molecule has 1 fully saturated rings. The van der Waals surface area contributed by atoms with Crippen LogP contribution in [-0.4, -0.2) is 32.0 Å². The Kier molecular flexibility index (Phi) is 6.36. The first-order chi connectivity index (χ1) is 13.7. The summed E-state index contributed by atoms with van der Waals surface area (Å²) >= 11 is 5.95. The molecule has 0 atom stereocenters. The molecule has 0 aromatic carbocycles. The molecular weight excluding hydrogens is 407 g/mol. The number of halogens is 4. The van der Waals surface area contributed by atoms with Crippen molar-refractivity contribution in [1.29, 1.82) is 0 Å². The summed E-state index contributed by atoms with van der Waals surface area (Å²) in [6.07, 6.45) is 2.32. The summed E-state index contributed by atoms with van der Waals surface area (Å²) < 4.78 is 42.4. The first kappa shape index (κ1) is 21.4. The Bertz CT molecular complexity index is 912. The van der Waals surface area contributed by atoms with E-state index in [9.17, 15) is 18.0 Å². The molecule has 2 aromatic heterocycles. The van der Waals surface area contributed by atoms with Gasteiger partial charge < -0.3 is 5.32 Å². The quantitative estimate of drug-likeness (QED) is 0.505. The monoisotopic (exact) mass is 429 g/mol. The molecule has 29 heavy (non-hydrogen) atoms. The summed E-state index contributed by atoms with van der Waals surface area (Å²) in [7, 11) is 0. The first-order valence-electron chi connectivity index (χ1n) is 9.54. The van der Waals surface area contributed by atoms with E-state index in [0.29, 0.717) is 18.7 Å².